The Balaban J connectivity index is 2.36. The summed E-state index contributed by atoms with van der Waals surface area (Å²) < 4.78 is 30.0. The third-order valence-corrected chi connectivity index (χ3v) is 4.07. The quantitative estimate of drug-likeness (QED) is 0.373. The zero-order valence-corrected chi connectivity index (χ0v) is 13.1. The van der Waals surface area contributed by atoms with Crippen LogP contribution in [-0.4, -0.2) is 40.3 Å². The normalized spacial score (nSPS) is 12.2. The van der Waals surface area contributed by atoms with E-state index in [1.165, 1.54) is 0 Å². The minimum atomic E-state index is -3.14. The van der Waals surface area contributed by atoms with Crippen LogP contribution < -0.4 is 20.5 Å². The Morgan fingerprint density at radius 3 is 2.86 bits per heavy atom. The zero-order valence-electron chi connectivity index (χ0n) is 12.3. The summed E-state index contributed by atoms with van der Waals surface area (Å²) in [5.74, 6) is 1.08. The molecular weight excluding hydrogens is 292 g/mol. The second kappa shape index (κ2) is 8.48. The molecule has 0 amide bonds. The summed E-state index contributed by atoms with van der Waals surface area (Å²) in [6, 6.07) is 7.32. The second-order valence-electron chi connectivity index (χ2n) is 4.28. The van der Waals surface area contributed by atoms with E-state index in [9.17, 15) is 8.42 Å². The van der Waals surface area contributed by atoms with Crippen LogP contribution in [0.1, 0.15) is 13.3 Å². The number of hydrogen-bond acceptors (Lipinski definition) is 4. The van der Waals surface area contributed by atoms with Gasteiger partial charge < -0.3 is 15.8 Å². The van der Waals surface area contributed by atoms with Crippen molar-refractivity contribution in [2.24, 2.45) is 10.7 Å². The van der Waals surface area contributed by atoms with Crippen LogP contribution in [0.2, 0.25) is 0 Å². The summed E-state index contributed by atoms with van der Waals surface area (Å²) in [4.78, 5) is 4.13. The van der Waals surface area contributed by atoms with E-state index < -0.39 is 10.0 Å². The van der Waals surface area contributed by atoms with E-state index in [4.69, 9.17) is 10.5 Å². The van der Waals surface area contributed by atoms with E-state index in [1.807, 2.05) is 18.2 Å². The minimum absolute atomic E-state index is 0.0792. The molecule has 0 aliphatic rings. The summed E-state index contributed by atoms with van der Waals surface area (Å²) in [7, 11) is -1.54. The molecule has 1 aromatic carbocycles. The van der Waals surface area contributed by atoms with E-state index in [1.54, 1.807) is 20.1 Å². The lowest BCUT2D eigenvalue weighted by Crippen LogP contribution is -2.27. The number of ether oxygens (including phenoxy) is 1. The number of methoxy groups -OCH3 is 1. The van der Waals surface area contributed by atoms with Crippen molar-refractivity contribution in [1.29, 1.82) is 0 Å². The van der Waals surface area contributed by atoms with Crippen molar-refractivity contribution in [3.05, 3.63) is 24.3 Å². The highest BCUT2D eigenvalue weighted by atomic mass is 32.2. The van der Waals surface area contributed by atoms with Crippen molar-refractivity contribution in [2.45, 2.75) is 13.3 Å². The third-order valence-electron chi connectivity index (χ3n) is 2.66. The van der Waals surface area contributed by atoms with Gasteiger partial charge in [0.25, 0.3) is 0 Å². The predicted octanol–water partition coefficient (Wildman–Crippen LogP) is 0.751. The monoisotopic (exact) mass is 314 g/mol. The molecule has 0 spiro atoms. The Morgan fingerprint density at radius 2 is 2.19 bits per heavy atom. The number of rotatable bonds is 8. The van der Waals surface area contributed by atoms with Gasteiger partial charge in [-0.15, -0.1) is 0 Å². The number of aliphatic imine (C=N–C) groups is 1. The summed E-state index contributed by atoms with van der Waals surface area (Å²) in [6.45, 7) is 2.39. The Labute approximate surface area is 125 Å². The number of guanidine groups is 1. The first-order valence-corrected chi connectivity index (χ1v) is 8.30. The number of nitrogens with one attached hydrogen (secondary N) is 2. The minimum Gasteiger partial charge on any atom is -0.497 e. The second-order valence-corrected chi connectivity index (χ2v) is 6.37. The van der Waals surface area contributed by atoms with Gasteiger partial charge >= 0.3 is 0 Å². The van der Waals surface area contributed by atoms with Gasteiger partial charge in [-0.05, 0) is 25.5 Å². The molecule has 0 saturated heterocycles. The van der Waals surface area contributed by atoms with Gasteiger partial charge in [-0.2, -0.15) is 0 Å². The highest BCUT2D eigenvalue weighted by Crippen LogP contribution is 2.16. The summed E-state index contributed by atoms with van der Waals surface area (Å²) in [5, 5.41) is 2.94. The van der Waals surface area contributed by atoms with Crippen LogP contribution in [0.5, 0.6) is 5.75 Å². The molecule has 0 unspecified atom stereocenters. The topological polar surface area (TPSA) is 106 Å². The van der Waals surface area contributed by atoms with E-state index in [0.717, 1.165) is 11.4 Å². The number of nitrogens with two attached hydrogens (primary N) is 1. The molecule has 8 heteroatoms. The van der Waals surface area contributed by atoms with Crippen molar-refractivity contribution in [2.75, 3.05) is 31.3 Å². The average Bonchev–Trinajstić information content (AvgIpc) is 2.47. The highest BCUT2D eigenvalue weighted by molar-refractivity contribution is 7.89. The van der Waals surface area contributed by atoms with Crippen LogP contribution in [0.15, 0.2) is 29.3 Å². The van der Waals surface area contributed by atoms with Crippen LogP contribution in [0.4, 0.5) is 5.69 Å². The number of anilines is 1. The Kier molecular flexibility index (Phi) is 6.97. The van der Waals surface area contributed by atoms with Gasteiger partial charge in [0.15, 0.2) is 5.96 Å². The molecule has 0 aliphatic carbocycles. The van der Waals surface area contributed by atoms with E-state index in [-0.39, 0.29) is 11.7 Å². The van der Waals surface area contributed by atoms with E-state index >= 15 is 0 Å². The predicted molar refractivity (Wildman–Crippen MR) is 85.2 cm³/mol. The van der Waals surface area contributed by atoms with Crippen molar-refractivity contribution in [3.8, 4) is 5.75 Å². The maximum absolute atomic E-state index is 11.2. The maximum atomic E-state index is 11.2. The Bertz CT molecular complexity index is 573. The summed E-state index contributed by atoms with van der Waals surface area (Å²) >= 11 is 0. The first-order valence-electron chi connectivity index (χ1n) is 6.65. The first kappa shape index (κ1) is 17.3. The van der Waals surface area contributed by atoms with Crippen molar-refractivity contribution >= 4 is 21.7 Å². The van der Waals surface area contributed by atoms with Gasteiger partial charge in [-0.1, -0.05) is 6.07 Å². The lowest BCUT2D eigenvalue weighted by atomic mass is 10.3. The van der Waals surface area contributed by atoms with Gasteiger partial charge in [0.2, 0.25) is 10.0 Å². The Hall–Kier alpha value is -1.80. The molecule has 1 aromatic rings. The molecule has 0 saturated carbocycles. The molecule has 0 aromatic heterocycles. The average molecular weight is 314 g/mol. The molecule has 118 valence electrons. The summed E-state index contributed by atoms with van der Waals surface area (Å²) in [6.07, 6.45) is 0.583. The maximum Gasteiger partial charge on any atom is 0.211 e. The summed E-state index contributed by atoms with van der Waals surface area (Å²) in [5.41, 5.74) is 6.53. The number of benzene rings is 1. The third kappa shape index (κ3) is 6.96. The molecule has 7 nitrogen and oxygen atoms in total. The molecular formula is C13H22N4O3S. The molecule has 0 fully saturated rings. The Morgan fingerprint density at radius 1 is 1.43 bits per heavy atom. The van der Waals surface area contributed by atoms with Gasteiger partial charge in [0.05, 0.1) is 12.9 Å². The van der Waals surface area contributed by atoms with Crippen LogP contribution in [0.3, 0.4) is 0 Å². The van der Waals surface area contributed by atoms with Crippen molar-refractivity contribution < 1.29 is 13.2 Å². The van der Waals surface area contributed by atoms with Crippen LogP contribution >= 0.6 is 0 Å². The van der Waals surface area contributed by atoms with Crippen molar-refractivity contribution in [1.82, 2.24) is 4.72 Å². The van der Waals surface area contributed by atoms with Crippen LogP contribution in [-0.2, 0) is 10.0 Å². The fourth-order valence-corrected chi connectivity index (χ4v) is 2.16. The van der Waals surface area contributed by atoms with Crippen LogP contribution in [0, 0.1) is 0 Å². The molecule has 0 atom stereocenters. The van der Waals surface area contributed by atoms with Gasteiger partial charge in [0.1, 0.15) is 5.75 Å². The molecule has 0 heterocycles. The fourth-order valence-electron chi connectivity index (χ4n) is 1.50. The molecule has 21 heavy (non-hydrogen) atoms. The smallest absolute Gasteiger partial charge is 0.211 e. The van der Waals surface area contributed by atoms with Gasteiger partial charge in [0, 0.05) is 24.8 Å². The molecule has 1 rings (SSSR count). The van der Waals surface area contributed by atoms with E-state index in [2.05, 4.69) is 15.0 Å². The molecule has 0 radical (unpaired) electrons. The molecule has 0 bridgehead atoms. The largest absolute Gasteiger partial charge is 0.497 e. The van der Waals surface area contributed by atoms with Crippen molar-refractivity contribution in [3.63, 3.8) is 0 Å². The number of hydrogen-bond donors (Lipinski definition) is 3. The highest BCUT2D eigenvalue weighted by Gasteiger charge is 2.04. The molecule has 4 N–H and O–H groups in total. The standard InChI is InChI=1S/C13H22N4O3S/c1-3-21(18,19)16-9-5-8-15-13(14)17-11-6-4-7-12(10-11)20-2/h4,6-7,10,16H,3,5,8-9H2,1-2H3,(H3,14,15,17). The first-order chi connectivity index (χ1) is 9.96. The molecule has 0 aliphatic heterocycles. The SMILES string of the molecule is CCS(=O)(=O)NCCCN=C(N)Nc1cccc(OC)c1. The number of nitrogens with zero attached hydrogens (tertiary/aromatic N) is 1. The lowest BCUT2D eigenvalue weighted by Gasteiger charge is -2.07. The lowest BCUT2D eigenvalue weighted by molar-refractivity contribution is 0.415. The number of sulfonamides is 1. The van der Waals surface area contributed by atoms with Gasteiger partial charge in [-0.3, -0.25) is 4.99 Å². The fraction of sp³-hybridized carbons (Fsp3) is 0.462. The van der Waals surface area contributed by atoms with E-state index in [0.29, 0.717) is 19.5 Å². The van der Waals surface area contributed by atoms with Crippen LogP contribution in [0.25, 0.3) is 0 Å². The zero-order chi connectivity index (χ0) is 15.7. The van der Waals surface area contributed by atoms with Gasteiger partial charge in [-0.25, -0.2) is 13.1 Å².